The van der Waals surface area contributed by atoms with Crippen molar-refractivity contribution in [1.29, 1.82) is 0 Å². The highest BCUT2D eigenvalue weighted by Gasteiger charge is 2.24. The summed E-state index contributed by atoms with van der Waals surface area (Å²) in [6, 6.07) is -0.721. The number of hydrogen-bond acceptors (Lipinski definition) is 5. The number of esters is 1. The number of aliphatic hydroxyl groups is 2. The van der Waals surface area contributed by atoms with E-state index in [1.807, 2.05) is 0 Å². The lowest BCUT2D eigenvalue weighted by Gasteiger charge is -2.24. The lowest BCUT2D eigenvalue weighted by atomic mass is 10.0. The fraction of sp³-hybridized carbons (Fsp3) is 0.778. The van der Waals surface area contributed by atoms with Gasteiger partial charge in [-0.15, -0.1) is 0 Å². The van der Waals surface area contributed by atoms with Gasteiger partial charge >= 0.3 is 5.97 Å². The molecule has 1 amide bonds. The highest BCUT2D eigenvalue weighted by molar-refractivity contribution is 5.77. The van der Waals surface area contributed by atoms with Crippen LogP contribution in [0.3, 0.4) is 0 Å². The summed E-state index contributed by atoms with van der Waals surface area (Å²) in [5.41, 5.74) is 0. The number of carbonyl (C=O) groups is 2. The molecule has 0 aliphatic carbocycles. The summed E-state index contributed by atoms with van der Waals surface area (Å²) in [7, 11) is 0. The number of carbonyl (C=O) groups excluding carboxylic acids is 2. The lowest BCUT2D eigenvalue weighted by molar-refractivity contribution is -0.151. The maximum Gasteiger partial charge on any atom is 0.306 e. The van der Waals surface area contributed by atoms with Crippen molar-refractivity contribution in [2.45, 2.75) is 264 Å². The van der Waals surface area contributed by atoms with Crippen molar-refractivity contribution in [2.75, 3.05) is 6.61 Å². The zero-order chi connectivity index (χ0) is 43.8. The molecule has 0 aromatic carbocycles. The smallest absolute Gasteiger partial charge is 0.306 e. The van der Waals surface area contributed by atoms with Crippen LogP contribution in [0.25, 0.3) is 0 Å². The molecule has 0 aromatic rings. The number of ether oxygens (including phenoxy) is 1. The topological polar surface area (TPSA) is 95.9 Å². The molecule has 6 heteroatoms. The Balaban J connectivity index is 4.61. The largest absolute Gasteiger partial charge is 0.462 e. The van der Waals surface area contributed by atoms with Crippen LogP contribution in [-0.2, 0) is 14.3 Å². The molecule has 0 saturated carbocycles. The Morgan fingerprint density at radius 2 is 0.933 bits per heavy atom. The number of nitrogens with one attached hydrogen (secondary N) is 1. The van der Waals surface area contributed by atoms with Gasteiger partial charge in [0.25, 0.3) is 0 Å². The molecule has 60 heavy (non-hydrogen) atoms. The van der Waals surface area contributed by atoms with E-state index in [0.29, 0.717) is 19.3 Å². The van der Waals surface area contributed by atoms with E-state index in [4.69, 9.17) is 4.74 Å². The van der Waals surface area contributed by atoms with E-state index in [1.165, 1.54) is 116 Å². The van der Waals surface area contributed by atoms with Gasteiger partial charge in [-0.25, -0.2) is 0 Å². The predicted molar refractivity (Wildman–Crippen MR) is 259 cm³/mol. The van der Waals surface area contributed by atoms with Crippen LogP contribution in [0.15, 0.2) is 60.8 Å². The van der Waals surface area contributed by atoms with Gasteiger partial charge in [-0.3, -0.25) is 9.59 Å². The molecule has 0 aliphatic rings. The van der Waals surface area contributed by atoms with Gasteiger partial charge in [0.2, 0.25) is 5.91 Å². The van der Waals surface area contributed by atoms with E-state index in [0.717, 1.165) is 83.5 Å². The van der Waals surface area contributed by atoms with Gasteiger partial charge in [0.05, 0.1) is 25.2 Å². The van der Waals surface area contributed by atoms with Crippen molar-refractivity contribution in [3.05, 3.63) is 60.8 Å². The van der Waals surface area contributed by atoms with Gasteiger partial charge in [-0.2, -0.15) is 0 Å². The molecule has 6 nitrogen and oxygen atoms in total. The molecule has 0 saturated heterocycles. The minimum Gasteiger partial charge on any atom is -0.462 e. The first-order valence-electron chi connectivity index (χ1n) is 25.5. The van der Waals surface area contributed by atoms with E-state index >= 15 is 0 Å². The summed E-state index contributed by atoms with van der Waals surface area (Å²) in [6.07, 6.45) is 58.6. The Hall–Kier alpha value is -2.44. The second kappa shape index (κ2) is 47.6. The Bertz CT molecular complexity index is 1080. The molecule has 0 fully saturated rings. The third-order valence-electron chi connectivity index (χ3n) is 11.3. The number of allylic oxidation sites excluding steroid dienone is 10. The molecule has 0 rings (SSSR count). The van der Waals surface area contributed by atoms with Crippen molar-refractivity contribution >= 4 is 11.9 Å². The second-order valence-corrected chi connectivity index (χ2v) is 17.2. The van der Waals surface area contributed by atoms with Gasteiger partial charge in [-0.05, 0) is 77.0 Å². The molecule has 3 unspecified atom stereocenters. The van der Waals surface area contributed by atoms with Crippen LogP contribution in [0.2, 0.25) is 0 Å². The first kappa shape index (κ1) is 57.6. The fourth-order valence-corrected chi connectivity index (χ4v) is 7.47. The maximum atomic E-state index is 13.2. The molecular formula is C54H97NO5. The Labute approximate surface area is 371 Å². The zero-order valence-electron chi connectivity index (χ0n) is 39.6. The number of amides is 1. The van der Waals surface area contributed by atoms with Gasteiger partial charge in [0.1, 0.15) is 6.10 Å². The number of aliphatic hydroxyl groups excluding tert-OH is 2. The van der Waals surface area contributed by atoms with Crippen molar-refractivity contribution in [3.63, 3.8) is 0 Å². The standard InChI is InChI=1S/C54H97NO5/c1-4-7-10-13-16-19-22-24-26-27-29-32-34-37-40-43-46-52(57)51(49-56)55-53(58)48-50(45-42-39-36-33-31-28-25-23-20-17-14-11-8-5-2)60-54(59)47-44-41-38-35-30-21-18-15-12-9-6-3/h8,11,15,17-18,20,25,28,33,36,50-52,56-57H,4-7,9-10,12-14,16,19,21-24,26-27,29-32,34-35,37-49H2,1-3H3,(H,55,58)/b11-8+,18-15-,20-17+,28-25+,36-33+. The average molecular weight is 840 g/mol. The van der Waals surface area contributed by atoms with Gasteiger partial charge in [-0.1, -0.05) is 216 Å². The van der Waals surface area contributed by atoms with Gasteiger partial charge in [0, 0.05) is 6.42 Å². The summed E-state index contributed by atoms with van der Waals surface area (Å²) in [5.74, 6) is -0.539. The number of unbranched alkanes of at least 4 members (excludes halogenated alkanes) is 23. The van der Waals surface area contributed by atoms with Crippen molar-refractivity contribution in [2.24, 2.45) is 0 Å². The highest BCUT2D eigenvalue weighted by Crippen LogP contribution is 2.17. The molecule has 0 aromatic heterocycles. The number of rotatable bonds is 45. The average Bonchev–Trinajstić information content (AvgIpc) is 3.24. The van der Waals surface area contributed by atoms with Crippen molar-refractivity contribution in [1.82, 2.24) is 5.32 Å². The van der Waals surface area contributed by atoms with Crippen molar-refractivity contribution in [3.8, 4) is 0 Å². The summed E-state index contributed by atoms with van der Waals surface area (Å²) >= 11 is 0. The second-order valence-electron chi connectivity index (χ2n) is 17.2. The van der Waals surface area contributed by atoms with E-state index in [9.17, 15) is 19.8 Å². The third-order valence-corrected chi connectivity index (χ3v) is 11.3. The van der Waals surface area contributed by atoms with Crippen LogP contribution in [0.1, 0.15) is 245 Å². The molecule has 348 valence electrons. The van der Waals surface area contributed by atoms with Crippen molar-refractivity contribution < 1.29 is 24.5 Å². The molecule has 0 bridgehead atoms. The van der Waals surface area contributed by atoms with E-state index < -0.39 is 18.2 Å². The first-order valence-corrected chi connectivity index (χ1v) is 25.5. The summed E-state index contributed by atoms with van der Waals surface area (Å²) in [4.78, 5) is 26.1. The van der Waals surface area contributed by atoms with Crippen LogP contribution in [-0.4, -0.2) is 46.9 Å². The summed E-state index contributed by atoms with van der Waals surface area (Å²) in [5, 5.41) is 23.8. The monoisotopic (exact) mass is 840 g/mol. The molecule has 3 atom stereocenters. The lowest BCUT2D eigenvalue weighted by Crippen LogP contribution is -2.46. The normalized spacial score (nSPS) is 13.8. The molecule has 0 radical (unpaired) electrons. The molecular weight excluding hydrogens is 743 g/mol. The van der Waals surface area contributed by atoms with Crippen LogP contribution >= 0.6 is 0 Å². The van der Waals surface area contributed by atoms with Gasteiger partial charge in [0.15, 0.2) is 0 Å². The SMILES string of the molecule is CC/C=C/C/C=C/C/C=C/C/C=C/CCCC(CC(=O)NC(CO)C(O)CCCCCCCCCCCCCCCCCC)OC(=O)CCCCCCC/C=C\CCCC. The highest BCUT2D eigenvalue weighted by atomic mass is 16.5. The zero-order valence-corrected chi connectivity index (χ0v) is 39.6. The number of hydrogen-bond donors (Lipinski definition) is 3. The molecule has 0 aliphatic heterocycles. The maximum absolute atomic E-state index is 13.2. The van der Waals surface area contributed by atoms with Crippen LogP contribution < -0.4 is 5.32 Å². The molecule has 3 N–H and O–H groups in total. The summed E-state index contributed by atoms with van der Waals surface area (Å²) in [6.45, 7) is 6.32. The van der Waals surface area contributed by atoms with Crippen LogP contribution in [0.5, 0.6) is 0 Å². The predicted octanol–water partition coefficient (Wildman–Crippen LogP) is 15.2. The quantitative estimate of drug-likeness (QED) is 0.0322. The van der Waals surface area contributed by atoms with E-state index in [1.54, 1.807) is 0 Å². The van der Waals surface area contributed by atoms with E-state index in [2.05, 4.69) is 86.8 Å². The Morgan fingerprint density at radius 3 is 1.47 bits per heavy atom. The molecule has 0 spiro atoms. The minimum atomic E-state index is -0.804. The first-order chi connectivity index (χ1) is 29.5. The van der Waals surface area contributed by atoms with Crippen LogP contribution in [0, 0.1) is 0 Å². The molecule has 0 heterocycles. The fourth-order valence-electron chi connectivity index (χ4n) is 7.47. The third kappa shape index (κ3) is 42.3. The Morgan fingerprint density at radius 1 is 0.500 bits per heavy atom. The summed E-state index contributed by atoms with van der Waals surface area (Å²) < 4.78 is 5.89. The Kier molecular flexibility index (Phi) is 45.7. The minimum absolute atomic E-state index is 0.0357. The van der Waals surface area contributed by atoms with Crippen LogP contribution in [0.4, 0.5) is 0 Å². The van der Waals surface area contributed by atoms with E-state index in [-0.39, 0.29) is 24.9 Å². The van der Waals surface area contributed by atoms with Gasteiger partial charge < -0.3 is 20.3 Å².